The molecular weight excluding hydrogens is 337 g/mol. The number of halogens is 3. The fourth-order valence-corrected chi connectivity index (χ4v) is 2.40. The van der Waals surface area contributed by atoms with E-state index < -0.39 is 17.6 Å². The summed E-state index contributed by atoms with van der Waals surface area (Å²) in [5, 5.41) is 2.47. The third-order valence-electron chi connectivity index (χ3n) is 3.56. The number of methoxy groups -OCH3 is 1. The molecule has 0 aliphatic rings. The number of imidazole rings is 1. The van der Waals surface area contributed by atoms with Crippen molar-refractivity contribution in [2.24, 2.45) is 0 Å². The minimum Gasteiger partial charge on any atom is -0.493 e. The van der Waals surface area contributed by atoms with Gasteiger partial charge in [0.05, 0.1) is 18.4 Å². The van der Waals surface area contributed by atoms with Crippen molar-refractivity contribution in [3.63, 3.8) is 0 Å². The molecular formula is C16H13F3N4O2. The average molecular weight is 350 g/mol. The topological polar surface area (TPSA) is 68.5 Å². The summed E-state index contributed by atoms with van der Waals surface area (Å²) in [6.07, 6.45) is -2.17. The summed E-state index contributed by atoms with van der Waals surface area (Å²) >= 11 is 0. The van der Waals surface area contributed by atoms with Crippen molar-refractivity contribution in [3.8, 4) is 5.75 Å². The van der Waals surface area contributed by atoms with Crippen LogP contribution in [-0.4, -0.2) is 27.4 Å². The molecule has 1 amide bonds. The van der Waals surface area contributed by atoms with Gasteiger partial charge < -0.3 is 10.1 Å². The van der Waals surface area contributed by atoms with Crippen molar-refractivity contribution in [3.05, 3.63) is 53.6 Å². The molecule has 1 N–H and O–H groups in total. The van der Waals surface area contributed by atoms with Gasteiger partial charge in [-0.2, -0.15) is 13.2 Å². The van der Waals surface area contributed by atoms with Crippen molar-refractivity contribution in [1.82, 2.24) is 14.4 Å². The van der Waals surface area contributed by atoms with E-state index >= 15 is 0 Å². The van der Waals surface area contributed by atoms with Gasteiger partial charge in [-0.1, -0.05) is 0 Å². The number of amides is 1. The third kappa shape index (κ3) is 3.12. The Bertz CT molecular complexity index is 933. The maximum absolute atomic E-state index is 12.6. The lowest BCUT2D eigenvalue weighted by Gasteiger charge is -2.08. The van der Waals surface area contributed by atoms with Gasteiger partial charge in [-0.3, -0.25) is 9.20 Å². The lowest BCUT2D eigenvalue weighted by molar-refractivity contribution is -0.137. The minimum atomic E-state index is -4.48. The number of anilines is 1. The fraction of sp³-hybridized carbons (Fsp3) is 0.188. The summed E-state index contributed by atoms with van der Waals surface area (Å²) < 4.78 is 44.4. The molecule has 0 unspecified atom stereocenters. The van der Waals surface area contributed by atoms with Crippen LogP contribution in [0.15, 0.2) is 36.7 Å². The van der Waals surface area contributed by atoms with Crippen LogP contribution in [0.3, 0.4) is 0 Å². The van der Waals surface area contributed by atoms with Crippen molar-refractivity contribution >= 4 is 17.4 Å². The monoisotopic (exact) mass is 350 g/mol. The molecule has 0 aliphatic heterocycles. The Balaban J connectivity index is 1.92. The summed E-state index contributed by atoms with van der Waals surface area (Å²) in [4.78, 5) is 20.4. The molecule has 0 spiro atoms. The SMILES string of the molecule is COc1cccn2c(C(=O)Nc3ccc(C(F)(F)F)cn3)c(C)nc12. The highest BCUT2D eigenvalue weighted by Gasteiger charge is 2.30. The molecule has 3 aromatic rings. The maximum Gasteiger partial charge on any atom is 0.417 e. The van der Waals surface area contributed by atoms with Crippen LogP contribution in [0.5, 0.6) is 5.75 Å². The predicted molar refractivity (Wildman–Crippen MR) is 83.7 cm³/mol. The van der Waals surface area contributed by atoms with Gasteiger partial charge in [-0.05, 0) is 31.2 Å². The van der Waals surface area contributed by atoms with Gasteiger partial charge in [-0.25, -0.2) is 9.97 Å². The molecule has 6 nitrogen and oxygen atoms in total. The van der Waals surface area contributed by atoms with E-state index in [-0.39, 0.29) is 11.5 Å². The van der Waals surface area contributed by atoms with E-state index in [9.17, 15) is 18.0 Å². The molecule has 3 heterocycles. The highest BCUT2D eigenvalue weighted by atomic mass is 19.4. The van der Waals surface area contributed by atoms with Gasteiger partial charge in [0.25, 0.3) is 5.91 Å². The lowest BCUT2D eigenvalue weighted by Crippen LogP contribution is -2.17. The zero-order valence-corrected chi connectivity index (χ0v) is 13.3. The average Bonchev–Trinajstić information content (AvgIpc) is 2.90. The number of hydrogen-bond donors (Lipinski definition) is 1. The quantitative estimate of drug-likeness (QED) is 0.787. The first-order valence-electron chi connectivity index (χ1n) is 7.17. The highest BCUT2D eigenvalue weighted by Crippen LogP contribution is 2.29. The molecule has 130 valence electrons. The number of nitrogens with one attached hydrogen (secondary N) is 1. The molecule has 0 aromatic carbocycles. The molecule has 0 fully saturated rings. The second-order valence-electron chi connectivity index (χ2n) is 5.20. The number of aromatic nitrogens is 3. The summed E-state index contributed by atoms with van der Waals surface area (Å²) in [6, 6.07) is 5.36. The second-order valence-corrected chi connectivity index (χ2v) is 5.20. The Labute approximate surface area is 140 Å². The molecule has 0 aliphatic carbocycles. The van der Waals surface area contributed by atoms with Crippen LogP contribution in [0.25, 0.3) is 5.65 Å². The number of alkyl halides is 3. The van der Waals surface area contributed by atoms with Gasteiger partial charge in [0, 0.05) is 12.4 Å². The predicted octanol–water partition coefficient (Wildman–Crippen LogP) is 3.32. The Hall–Kier alpha value is -3.10. The minimum absolute atomic E-state index is 0.00949. The van der Waals surface area contributed by atoms with E-state index in [1.165, 1.54) is 7.11 Å². The lowest BCUT2D eigenvalue weighted by atomic mass is 10.2. The summed E-state index contributed by atoms with van der Waals surface area (Å²) in [5.41, 5.74) is 0.277. The molecule has 3 rings (SSSR count). The third-order valence-corrected chi connectivity index (χ3v) is 3.56. The van der Waals surface area contributed by atoms with Crippen LogP contribution >= 0.6 is 0 Å². The number of aryl methyl sites for hydroxylation is 1. The van der Waals surface area contributed by atoms with E-state index in [0.29, 0.717) is 23.3 Å². The number of nitrogens with zero attached hydrogens (tertiary/aromatic N) is 3. The fourth-order valence-electron chi connectivity index (χ4n) is 2.40. The normalized spacial score (nSPS) is 11.6. The number of carbonyl (C=O) groups is 1. The summed E-state index contributed by atoms with van der Waals surface area (Å²) in [7, 11) is 1.49. The van der Waals surface area contributed by atoms with Crippen LogP contribution in [0.4, 0.5) is 19.0 Å². The Morgan fingerprint density at radius 3 is 2.64 bits per heavy atom. The van der Waals surface area contributed by atoms with E-state index in [1.54, 1.807) is 29.7 Å². The van der Waals surface area contributed by atoms with E-state index in [2.05, 4.69) is 15.3 Å². The van der Waals surface area contributed by atoms with Crippen molar-refractivity contribution in [2.45, 2.75) is 13.1 Å². The number of carbonyl (C=O) groups excluding carboxylic acids is 1. The molecule has 25 heavy (non-hydrogen) atoms. The Morgan fingerprint density at radius 2 is 2.04 bits per heavy atom. The van der Waals surface area contributed by atoms with E-state index in [4.69, 9.17) is 4.74 Å². The maximum atomic E-state index is 12.6. The molecule has 0 saturated heterocycles. The molecule has 0 saturated carbocycles. The highest BCUT2D eigenvalue weighted by molar-refractivity contribution is 6.04. The number of ether oxygens (including phenoxy) is 1. The first-order chi connectivity index (χ1) is 11.8. The van der Waals surface area contributed by atoms with Crippen molar-refractivity contribution < 1.29 is 22.7 Å². The standard InChI is InChI=1S/C16H13F3N4O2/c1-9-13(23-7-3-4-11(25-2)14(23)21-9)15(24)22-12-6-5-10(8-20-12)16(17,18)19/h3-8H,1-2H3,(H,20,22,24). The van der Waals surface area contributed by atoms with E-state index in [1.807, 2.05) is 0 Å². The first kappa shape index (κ1) is 16.7. The van der Waals surface area contributed by atoms with Gasteiger partial charge in [0.2, 0.25) is 0 Å². The smallest absolute Gasteiger partial charge is 0.417 e. The number of pyridine rings is 2. The molecule has 0 atom stereocenters. The van der Waals surface area contributed by atoms with E-state index in [0.717, 1.165) is 12.1 Å². The number of hydrogen-bond acceptors (Lipinski definition) is 4. The van der Waals surface area contributed by atoms with Crippen LogP contribution in [-0.2, 0) is 6.18 Å². The molecule has 0 radical (unpaired) electrons. The Morgan fingerprint density at radius 1 is 1.28 bits per heavy atom. The molecule has 9 heteroatoms. The first-order valence-corrected chi connectivity index (χ1v) is 7.17. The zero-order chi connectivity index (χ0) is 18.2. The number of rotatable bonds is 3. The summed E-state index contributed by atoms with van der Waals surface area (Å²) in [5.74, 6) is -0.0296. The van der Waals surface area contributed by atoms with Crippen LogP contribution in [0.2, 0.25) is 0 Å². The van der Waals surface area contributed by atoms with Crippen molar-refractivity contribution in [1.29, 1.82) is 0 Å². The van der Waals surface area contributed by atoms with Gasteiger partial charge in [-0.15, -0.1) is 0 Å². The molecule has 0 bridgehead atoms. The Kier molecular flexibility index (Phi) is 4.07. The zero-order valence-electron chi connectivity index (χ0n) is 13.3. The second kappa shape index (κ2) is 6.08. The van der Waals surface area contributed by atoms with Crippen molar-refractivity contribution in [2.75, 3.05) is 12.4 Å². The number of fused-ring (bicyclic) bond motifs is 1. The largest absolute Gasteiger partial charge is 0.493 e. The van der Waals surface area contributed by atoms with Gasteiger partial charge >= 0.3 is 6.18 Å². The van der Waals surface area contributed by atoms with Crippen LogP contribution in [0, 0.1) is 6.92 Å². The summed E-state index contributed by atoms with van der Waals surface area (Å²) in [6.45, 7) is 1.65. The molecule has 3 aromatic heterocycles. The van der Waals surface area contributed by atoms with Crippen LogP contribution in [0.1, 0.15) is 21.7 Å². The van der Waals surface area contributed by atoms with Gasteiger partial charge in [0.1, 0.15) is 11.5 Å². The van der Waals surface area contributed by atoms with Crippen LogP contribution < -0.4 is 10.1 Å². The van der Waals surface area contributed by atoms with Gasteiger partial charge in [0.15, 0.2) is 11.4 Å².